The first-order valence-corrected chi connectivity index (χ1v) is 6.21. The van der Waals surface area contributed by atoms with Crippen molar-refractivity contribution >= 4 is 29.2 Å². The van der Waals surface area contributed by atoms with Gasteiger partial charge in [-0.05, 0) is 31.0 Å². The number of benzene rings is 1. The van der Waals surface area contributed by atoms with Gasteiger partial charge in [0.2, 0.25) is 5.91 Å². The van der Waals surface area contributed by atoms with Crippen LogP contribution >= 0.6 is 11.6 Å². The summed E-state index contributed by atoms with van der Waals surface area (Å²) in [7, 11) is 0. The van der Waals surface area contributed by atoms with Gasteiger partial charge in [0.15, 0.2) is 0 Å². The molecule has 0 aliphatic heterocycles. The first-order chi connectivity index (χ1) is 8.49. The highest BCUT2D eigenvalue weighted by Gasteiger charge is 2.15. The van der Waals surface area contributed by atoms with Gasteiger partial charge < -0.3 is 10.4 Å². The Hall–Kier alpha value is -1.55. The summed E-state index contributed by atoms with van der Waals surface area (Å²) in [4.78, 5) is 22.6. The number of amides is 1. The number of carboxylic acid groups (broad SMARTS) is 1. The minimum absolute atomic E-state index is 0.0252. The maximum atomic E-state index is 11.8. The second-order valence-corrected chi connectivity index (χ2v) is 4.41. The molecule has 98 valence electrons. The van der Waals surface area contributed by atoms with Crippen LogP contribution in [0.3, 0.4) is 0 Å². The Morgan fingerprint density at radius 2 is 1.94 bits per heavy atom. The van der Waals surface area contributed by atoms with Gasteiger partial charge in [-0.25, -0.2) is 4.79 Å². The van der Waals surface area contributed by atoms with Gasteiger partial charge in [0.05, 0.1) is 10.6 Å². The van der Waals surface area contributed by atoms with Gasteiger partial charge in [-0.1, -0.05) is 25.4 Å². The van der Waals surface area contributed by atoms with E-state index in [-0.39, 0.29) is 22.4 Å². The van der Waals surface area contributed by atoms with Crippen molar-refractivity contribution in [3.8, 4) is 0 Å². The van der Waals surface area contributed by atoms with Crippen molar-refractivity contribution in [2.75, 3.05) is 5.32 Å². The molecule has 0 unspecified atom stereocenters. The third kappa shape index (κ3) is 3.47. The number of nitrogens with one attached hydrogen (secondary N) is 1. The van der Waals surface area contributed by atoms with E-state index in [1.165, 1.54) is 18.2 Å². The van der Waals surface area contributed by atoms with Gasteiger partial charge in [-0.3, -0.25) is 4.79 Å². The van der Waals surface area contributed by atoms with E-state index in [2.05, 4.69) is 5.32 Å². The average molecular weight is 270 g/mol. The number of aromatic carboxylic acids is 1. The molecular formula is C13H16ClNO3. The maximum absolute atomic E-state index is 11.8. The van der Waals surface area contributed by atoms with Crippen molar-refractivity contribution in [3.05, 3.63) is 28.8 Å². The normalized spacial score (nSPS) is 10.4. The lowest BCUT2D eigenvalue weighted by molar-refractivity contribution is -0.120. The molecule has 2 N–H and O–H groups in total. The Kier molecular flexibility index (Phi) is 5.16. The third-order valence-corrected chi connectivity index (χ3v) is 3.14. The molecule has 1 aromatic rings. The lowest BCUT2D eigenvalue weighted by Gasteiger charge is -2.13. The molecule has 0 aliphatic rings. The van der Waals surface area contributed by atoms with E-state index in [1.54, 1.807) is 0 Å². The first kappa shape index (κ1) is 14.5. The lowest BCUT2D eigenvalue weighted by atomic mass is 10.0. The molecule has 1 amide bonds. The fourth-order valence-corrected chi connectivity index (χ4v) is 1.93. The summed E-state index contributed by atoms with van der Waals surface area (Å²) in [5.41, 5.74) is 0.541. The largest absolute Gasteiger partial charge is 0.478 e. The molecule has 0 fully saturated rings. The number of hydrogen-bond donors (Lipinski definition) is 2. The Balaban J connectivity index is 2.83. The van der Waals surface area contributed by atoms with Crippen molar-refractivity contribution in [1.82, 2.24) is 0 Å². The Morgan fingerprint density at radius 1 is 1.33 bits per heavy atom. The minimum atomic E-state index is -1.09. The summed E-state index contributed by atoms with van der Waals surface area (Å²) in [6.07, 6.45) is 1.53. The highest BCUT2D eigenvalue weighted by Crippen LogP contribution is 2.22. The van der Waals surface area contributed by atoms with Crippen LogP contribution < -0.4 is 5.32 Å². The summed E-state index contributed by atoms with van der Waals surface area (Å²) in [5.74, 6) is -1.19. The van der Waals surface area contributed by atoms with E-state index in [4.69, 9.17) is 16.7 Å². The Morgan fingerprint density at radius 3 is 2.39 bits per heavy atom. The summed E-state index contributed by atoms with van der Waals surface area (Å²) in [6.45, 7) is 3.91. The highest BCUT2D eigenvalue weighted by atomic mass is 35.5. The van der Waals surface area contributed by atoms with Crippen LogP contribution in [0.1, 0.15) is 37.0 Å². The van der Waals surface area contributed by atoms with Gasteiger partial charge in [-0.15, -0.1) is 0 Å². The first-order valence-electron chi connectivity index (χ1n) is 5.83. The molecule has 0 saturated carbocycles. The number of rotatable bonds is 5. The number of halogens is 1. The molecule has 0 aliphatic carbocycles. The van der Waals surface area contributed by atoms with Crippen LogP contribution in [-0.4, -0.2) is 17.0 Å². The topological polar surface area (TPSA) is 66.4 Å². The monoisotopic (exact) mass is 269 g/mol. The van der Waals surface area contributed by atoms with Crippen LogP contribution in [0, 0.1) is 5.92 Å². The van der Waals surface area contributed by atoms with Gasteiger partial charge >= 0.3 is 5.97 Å². The Labute approximate surface area is 111 Å². The summed E-state index contributed by atoms with van der Waals surface area (Å²) >= 11 is 5.82. The molecule has 0 aromatic heterocycles. The van der Waals surface area contributed by atoms with Crippen LogP contribution in [0.15, 0.2) is 18.2 Å². The molecule has 0 bridgehead atoms. The quantitative estimate of drug-likeness (QED) is 0.861. The Bertz CT molecular complexity index is 456. The molecule has 1 rings (SSSR count). The number of hydrogen-bond acceptors (Lipinski definition) is 2. The molecule has 18 heavy (non-hydrogen) atoms. The average Bonchev–Trinajstić information content (AvgIpc) is 2.30. The van der Waals surface area contributed by atoms with Crippen LogP contribution in [-0.2, 0) is 4.79 Å². The van der Waals surface area contributed by atoms with Gasteiger partial charge in [0, 0.05) is 11.6 Å². The summed E-state index contributed by atoms with van der Waals surface area (Å²) < 4.78 is 0. The number of carboxylic acids is 1. The molecule has 0 heterocycles. The van der Waals surface area contributed by atoms with E-state index < -0.39 is 5.97 Å². The fourth-order valence-electron chi connectivity index (χ4n) is 1.67. The zero-order valence-corrected chi connectivity index (χ0v) is 11.1. The molecule has 0 atom stereocenters. The molecule has 4 nitrogen and oxygen atoms in total. The van der Waals surface area contributed by atoms with Crippen molar-refractivity contribution in [1.29, 1.82) is 0 Å². The standard InChI is InChI=1S/C13H16ClNO3/c1-3-8(4-2)12(16)15-9-5-6-10(13(17)18)11(14)7-9/h5-8H,3-4H2,1-2H3,(H,15,16)(H,17,18). The second kappa shape index (κ2) is 6.40. The van der Waals surface area contributed by atoms with Crippen LogP contribution in [0.5, 0.6) is 0 Å². The summed E-state index contributed by atoms with van der Waals surface area (Å²) in [6, 6.07) is 4.37. The van der Waals surface area contributed by atoms with E-state index >= 15 is 0 Å². The summed E-state index contributed by atoms with van der Waals surface area (Å²) in [5, 5.41) is 11.7. The van der Waals surface area contributed by atoms with Crippen LogP contribution in [0.4, 0.5) is 5.69 Å². The second-order valence-electron chi connectivity index (χ2n) is 4.00. The predicted molar refractivity (Wildman–Crippen MR) is 71.1 cm³/mol. The van der Waals surface area contributed by atoms with E-state index in [9.17, 15) is 9.59 Å². The zero-order chi connectivity index (χ0) is 13.7. The number of carbonyl (C=O) groups is 2. The highest BCUT2D eigenvalue weighted by molar-refractivity contribution is 6.33. The molecular weight excluding hydrogens is 254 g/mol. The third-order valence-electron chi connectivity index (χ3n) is 2.82. The number of carbonyl (C=O) groups excluding carboxylic acids is 1. The molecule has 5 heteroatoms. The zero-order valence-electron chi connectivity index (χ0n) is 10.4. The molecule has 1 aromatic carbocycles. The van der Waals surface area contributed by atoms with E-state index in [1.807, 2.05) is 13.8 Å². The number of anilines is 1. The minimum Gasteiger partial charge on any atom is -0.478 e. The van der Waals surface area contributed by atoms with Crippen molar-refractivity contribution < 1.29 is 14.7 Å². The van der Waals surface area contributed by atoms with Crippen molar-refractivity contribution in [2.24, 2.45) is 5.92 Å². The molecule has 0 spiro atoms. The van der Waals surface area contributed by atoms with E-state index in [0.29, 0.717) is 5.69 Å². The fraction of sp³-hybridized carbons (Fsp3) is 0.385. The van der Waals surface area contributed by atoms with Crippen LogP contribution in [0.2, 0.25) is 5.02 Å². The van der Waals surface area contributed by atoms with E-state index in [0.717, 1.165) is 12.8 Å². The lowest BCUT2D eigenvalue weighted by Crippen LogP contribution is -2.21. The van der Waals surface area contributed by atoms with Gasteiger partial charge in [0.1, 0.15) is 0 Å². The smallest absolute Gasteiger partial charge is 0.337 e. The van der Waals surface area contributed by atoms with Gasteiger partial charge in [-0.2, -0.15) is 0 Å². The van der Waals surface area contributed by atoms with Crippen molar-refractivity contribution in [3.63, 3.8) is 0 Å². The SMILES string of the molecule is CCC(CC)C(=O)Nc1ccc(C(=O)O)c(Cl)c1. The molecule has 0 saturated heterocycles. The predicted octanol–water partition coefficient (Wildman–Crippen LogP) is 3.41. The van der Waals surface area contributed by atoms with Crippen molar-refractivity contribution in [2.45, 2.75) is 26.7 Å². The maximum Gasteiger partial charge on any atom is 0.337 e. The molecule has 0 radical (unpaired) electrons. The van der Waals surface area contributed by atoms with Gasteiger partial charge in [0.25, 0.3) is 0 Å². The van der Waals surface area contributed by atoms with Crippen LogP contribution in [0.25, 0.3) is 0 Å².